The molecule has 1 aromatic heterocycles. The fourth-order valence-electron chi connectivity index (χ4n) is 2.23. The van der Waals surface area contributed by atoms with Crippen LogP contribution in [0.5, 0.6) is 5.75 Å². The number of nitrogens with one attached hydrogen (secondary N) is 1. The van der Waals surface area contributed by atoms with Crippen LogP contribution in [0.2, 0.25) is 5.02 Å². The van der Waals surface area contributed by atoms with E-state index in [9.17, 15) is 14.4 Å². The van der Waals surface area contributed by atoms with Crippen molar-refractivity contribution in [2.75, 3.05) is 19.7 Å². The third-order valence-electron chi connectivity index (χ3n) is 3.50. The first-order valence-electron chi connectivity index (χ1n) is 7.97. The van der Waals surface area contributed by atoms with Gasteiger partial charge in [-0.2, -0.15) is 0 Å². The van der Waals surface area contributed by atoms with Crippen LogP contribution < -0.4 is 10.1 Å². The Morgan fingerprint density at radius 2 is 2.00 bits per heavy atom. The average molecular weight is 423 g/mol. The van der Waals surface area contributed by atoms with Crippen molar-refractivity contribution in [3.8, 4) is 5.75 Å². The fraction of sp³-hybridized carbons (Fsp3) is 0.167. The molecule has 0 unspecified atom stereocenters. The molecular formula is C18H15ClN2O4S2. The number of benzene rings is 1. The SMILES string of the molecule is O=C(CN1C(=O)S/C(=C\c2cccs2)C1=O)NCCOc1ccc(Cl)cc1. The van der Waals surface area contributed by atoms with Gasteiger partial charge in [-0.15, -0.1) is 11.3 Å². The maximum Gasteiger partial charge on any atom is 0.294 e. The Balaban J connectivity index is 1.45. The highest BCUT2D eigenvalue weighted by atomic mass is 35.5. The van der Waals surface area contributed by atoms with Crippen LogP contribution in [0.15, 0.2) is 46.7 Å². The van der Waals surface area contributed by atoms with Gasteiger partial charge < -0.3 is 10.1 Å². The van der Waals surface area contributed by atoms with Gasteiger partial charge in [0.25, 0.3) is 11.1 Å². The molecule has 1 aliphatic rings. The Morgan fingerprint density at radius 1 is 1.22 bits per heavy atom. The zero-order chi connectivity index (χ0) is 19.2. The van der Waals surface area contributed by atoms with Gasteiger partial charge in [0.1, 0.15) is 18.9 Å². The highest BCUT2D eigenvalue weighted by molar-refractivity contribution is 8.18. The Morgan fingerprint density at radius 3 is 2.70 bits per heavy atom. The molecule has 6 nitrogen and oxygen atoms in total. The predicted molar refractivity (Wildman–Crippen MR) is 107 cm³/mol. The molecular weight excluding hydrogens is 408 g/mol. The zero-order valence-corrected chi connectivity index (χ0v) is 16.4. The molecule has 27 heavy (non-hydrogen) atoms. The fourth-order valence-corrected chi connectivity index (χ4v) is 3.92. The van der Waals surface area contributed by atoms with Gasteiger partial charge in [-0.1, -0.05) is 17.7 Å². The predicted octanol–water partition coefficient (Wildman–Crippen LogP) is 3.63. The second kappa shape index (κ2) is 9.07. The lowest BCUT2D eigenvalue weighted by Crippen LogP contribution is -2.40. The monoisotopic (exact) mass is 422 g/mol. The first-order chi connectivity index (χ1) is 13.0. The van der Waals surface area contributed by atoms with E-state index in [-0.39, 0.29) is 19.7 Å². The largest absolute Gasteiger partial charge is 0.492 e. The van der Waals surface area contributed by atoms with E-state index in [2.05, 4.69) is 5.32 Å². The number of thioether (sulfide) groups is 1. The molecule has 1 N–H and O–H groups in total. The Labute approximate surface area is 169 Å². The molecule has 1 aromatic carbocycles. The summed E-state index contributed by atoms with van der Waals surface area (Å²) in [4.78, 5) is 38.5. The van der Waals surface area contributed by atoms with Crippen LogP contribution in [0.3, 0.4) is 0 Å². The van der Waals surface area contributed by atoms with Crippen molar-refractivity contribution in [2.45, 2.75) is 0 Å². The minimum Gasteiger partial charge on any atom is -0.492 e. The van der Waals surface area contributed by atoms with Crippen molar-refractivity contribution in [3.05, 3.63) is 56.6 Å². The standard InChI is InChI=1S/C18H15ClN2O4S2/c19-12-3-5-13(6-4-12)25-8-7-20-16(22)11-21-17(23)15(27-18(21)24)10-14-2-1-9-26-14/h1-6,9-10H,7-8,11H2,(H,20,22)/b15-10-. The summed E-state index contributed by atoms with van der Waals surface area (Å²) in [5.74, 6) is -0.237. The number of carbonyl (C=O) groups is 3. The van der Waals surface area contributed by atoms with Gasteiger partial charge in [-0.05, 0) is 53.5 Å². The first kappa shape index (κ1) is 19.5. The van der Waals surface area contributed by atoms with Crippen molar-refractivity contribution < 1.29 is 19.1 Å². The van der Waals surface area contributed by atoms with Gasteiger partial charge in [0.05, 0.1) is 11.4 Å². The summed E-state index contributed by atoms with van der Waals surface area (Å²) in [6.07, 6.45) is 1.66. The molecule has 0 spiro atoms. The second-order valence-corrected chi connectivity index (χ2v) is 7.84. The molecule has 0 bridgehead atoms. The lowest BCUT2D eigenvalue weighted by Gasteiger charge is -2.12. The topological polar surface area (TPSA) is 75.7 Å². The summed E-state index contributed by atoms with van der Waals surface area (Å²) in [6, 6.07) is 10.6. The quantitative estimate of drug-likeness (QED) is 0.544. The van der Waals surface area contributed by atoms with E-state index in [1.54, 1.807) is 30.3 Å². The van der Waals surface area contributed by atoms with Crippen molar-refractivity contribution in [3.63, 3.8) is 0 Å². The van der Waals surface area contributed by atoms with E-state index >= 15 is 0 Å². The highest BCUT2D eigenvalue weighted by Crippen LogP contribution is 2.32. The molecule has 2 aromatic rings. The first-order valence-corrected chi connectivity index (χ1v) is 10.0. The summed E-state index contributed by atoms with van der Waals surface area (Å²) in [5, 5.41) is 4.68. The summed E-state index contributed by atoms with van der Waals surface area (Å²) in [5.41, 5.74) is 0. The van der Waals surface area contributed by atoms with Crippen LogP contribution in [-0.2, 0) is 9.59 Å². The number of hydrogen-bond donors (Lipinski definition) is 1. The van der Waals surface area contributed by atoms with Gasteiger partial charge in [-0.25, -0.2) is 0 Å². The molecule has 0 saturated carbocycles. The van der Waals surface area contributed by atoms with Crippen molar-refractivity contribution in [2.24, 2.45) is 0 Å². The third-order valence-corrected chi connectivity index (χ3v) is 5.48. The highest BCUT2D eigenvalue weighted by Gasteiger charge is 2.36. The molecule has 140 valence electrons. The molecule has 0 aliphatic carbocycles. The Bertz CT molecular complexity index is 866. The number of halogens is 1. The van der Waals surface area contributed by atoms with Crippen LogP contribution in [0.4, 0.5) is 4.79 Å². The molecule has 1 fully saturated rings. The number of rotatable bonds is 7. The summed E-state index contributed by atoms with van der Waals surface area (Å²) >= 11 is 8.10. The molecule has 2 heterocycles. The maximum atomic E-state index is 12.3. The average Bonchev–Trinajstić information content (AvgIpc) is 3.24. The van der Waals surface area contributed by atoms with Crippen LogP contribution in [0.25, 0.3) is 6.08 Å². The van der Waals surface area contributed by atoms with E-state index in [0.717, 1.165) is 21.5 Å². The zero-order valence-electron chi connectivity index (χ0n) is 14.0. The second-order valence-electron chi connectivity index (χ2n) is 5.44. The summed E-state index contributed by atoms with van der Waals surface area (Å²) in [6.45, 7) is 0.198. The van der Waals surface area contributed by atoms with E-state index in [1.807, 2.05) is 17.5 Å². The number of imide groups is 1. The molecule has 0 radical (unpaired) electrons. The lowest BCUT2D eigenvalue weighted by atomic mass is 10.3. The van der Waals surface area contributed by atoms with Crippen LogP contribution in [0, 0.1) is 0 Å². The van der Waals surface area contributed by atoms with E-state index in [4.69, 9.17) is 16.3 Å². The molecule has 1 aliphatic heterocycles. The number of amides is 3. The van der Waals surface area contributed by atoms with Gasteiger partial charge in [0.15, 0.2) is 0 Å². The van der Waals surface area contributed by atoms with Gasteiger partial charge in [-0.3, -0.25) is 19.3 Å². The summed E-state index contributed by atoms with van der Waals surface area (Å²) < 4.78 is 5.47. The number of thiophene rings is 1. The minimum atomic E-state index is -0.453. The minimum absolute atomic E-state index is 0.253. The lowest BCUT2D eigenvalue weighted by molar-refractivity contribution is -0.129. The van der Waals surface area contributed by atoms with Crippen molar-refractivity contribution in [1.29, 1.82) is 0 Å². The number of hydrogen-bond acceptors (Lipinski definition) is 6. The molecule has 0 atom stereocenters. The maximum absolute atomic E-state index is 12.3. The van der Waals surface area contributed by atoms with Crippen molar-refractivity contribution >= 4 is 57.8 Å². The third kappa shape index (κ3) is 5.35. The van der Waals surface area contributed by atoms with E-state index in [1.165, 1.54) is 11.3 Å². The van der Waals surface area contributed by atoms with Crippen LogP contribution in [0.1, 0.15) is 4.88 Å². The van der Waals surface area contributed by atoms with Crippen molar-refractivity contribution in [1.82, 2.24) is 10.2 Å². The van der Waals surface area contributed by atoms with Gasteiger partial charge in [0, 0.05) is 9.90 Å². The van der Waals surface area contributed by atoms with E-state index in [0.29, 0.717) is 15.7 Å². The van der Waals surface area contributed by atoms with Crippen LogP contribution >= 0.6 is 34.7 Å². The van der Waals surface area contributed by atoms with E-state index < -0.39 is 17.1 Å². The number of ether oxygens (including phenoxy) is 1. The molecule has 9 heteroatoms. The number of carbonyl (C=O) groups excluding carboxylic acids is 3. The molecule has 1 saturated heterocycles. The molecule has 3 amide bonds. The summed E-state index contributed by atoms with van der Waals surface area (Å²) in [7, 11) is 0. The van der Waals surface area contributed by atoms with Gasteiger partial charge in [0.2, 0.25) is 5.91 Å². The normalized spacial score (nSPS) is 15.4. The van der Waals surface area contributed by atoms with Crippen LogP contribution in [-0.4, -0.2) is 41.6 Å². The smallest absolute Gasteiger partial charge is 0.294 e. The molecule has 3 rings (SSSR count). The Kier molecular flexibility index (Phi) is 6.54. The Hall–Kier alpha value is -2.29. The van der Waals surface area contributed by atoms with Gasteiger partial charge >= 0.3 is 0 Å². The number of nitrogens with zero attached hydrogens (tertiary/aromatic N) is 1.